The Morgan fingerprint density at radius 2 is 1.57 bits per heavy atom. The molecule has 0 aliphatic rings. The lowest BCUT2D eigenvalue weighted by Gasteiger charge is -2.29. The van der Waals surface area contributed by atoms with E-state index in [0.717, 1.165) is 0 Å². The number of nitrogens with one attached hydrogen (secondary N) is 1. The number of rotatable bonds is 8. The standard InChI is InChI=1S/C21H24N2O5/c1-4-27-19(25)21(20(26)28-5-2,14-18-8-6-7-13-22-18)16-9-11-17(12-10-16)23-15(3)24/h6-13H,4-5,14H2,1-3H3,(H,23,24). The number of benzene rings is 1. The summed E-state index contributed by atoms with van der Waals surface area (Å²) in [6.45, 7) is 4.98. The fourth-order valence-electron chi connectivity index (χ4n) is 2.89. The van der Waals surface area contributed by atoms with E-state index in [4.69, 9.17) is 9.47 Å². The second-order valence-corrected chi connectivity index (χ2v) is 6.10. The van der Waals surface area contributed by atoms with Gasteiger partial charge in [0.1, 0.15) is 0 Å². The van der Waals surface area contributed by atoms with Gasteiger partial charge in [-0.25, -0.2) is 0 Å². The predicted octanol–water partition coefficient (Wildman–Crippen LogP) is 2.65. The van der Waals surface area contributed by atoms with Crippen molar-refractivity contribution in [3.05, 3.63) is 59.9 Å². The molecule has 0 aliphatic heterocycles. The number of esters is 2. The normalized spacial score (nSPS) is 10.8. The fraction of sp³-hybridized carbons (Fsp3) is 0.333. The first-order chi connectivity index (χ1) is 13.4. The lowest BCUT2D eigenvalue weighted by Crippen LogP contribution is -2.48. The van der Waals surface area contributed by atoms with Crippen molar-refractivity contribution in [1.82, 2.24) is 4.98 Å². The van der Waals surface area contributed by atoms with E-state index in [1.54, 1.807) is 62.5 Å². The summed E-state index contributed by atoms with van der Waals surface area (Å²) in [5.74, 6) is -1.62. The lowest BCUT2D eigenvalue weighted by atomic mass is 9.76. The summed E-state index contributed by atoms with van der Waals surface area (Å²) >= 11 is 0. The first-order valence-corrected chi connectivity index (χ1v) is 9.06. The Morgan fingerprint density at radius 1 is 0.964 bits per heavy atom. The average Bonchev–Trinajstić information content (AvgIpc) is 2.67. The van der Waals surface area contributed by atoms with Gasteiger partial charge in [0, 0.05) is 30.9 Å². The predicted molar refractivity (Wildman–Crippen MR) is 104 cm³/mol. The Hall–Kier alpha value is -3.22. The molecule has 2 rings (SSSR count). The zero-order valence-electron chi connectivity index (χ0n) is 16.2. The summed E-state index contributed by atoms with van der Waals surface area (Å²) < 4.78 is 10.5. The van der Waals surface area contributed by atoms with Gasteiger partial charge < -0.3 is 14.8 Å². The Bertz CT molecular complexity index is 800. The van der Waals surface area contributed by atoms with E-state index < -0.39 is 17.4 Å². The van der Waals surface area contributed by atoms with Crippen molar-refractivity contribution in [2.45, 2.75) is 32.6 Å². The number of nitrogens with zero attached hydrogens (tertiary/aromatic N) is 1. The second kappa shape index (κ2) is 9.64. The van der Waals surface area contributed by atoms with Crippen molar-refractivity contribution in [1.29, 1.82) is 0 Å². The number of amides is 1. The number of carbonyl (C=O) groups excluding carboxylic acids is 3. The van der Waals surface area contributed by atoms with Crippen LogP contribution in [0, 0.1) is 0 Å². The first kappa shape index (κ1) is 21.1. The van der Waals surface area contributed by atoms with Gasteiger partial charge in [-0.3, -0.25) is 19.4 Å². The number of aromatic nitrogens is 1. The molecule has 7 nitrogen and oxygen atoms in total. The van der Waals surface area contributed by atoms with Crippen molar-refractivity contribution < 1.29 is 23.9 Å². The average molecular weight is 384 g/mol. The molecule has 0 saturated heterocycles. The maximum Gasteiger partial charge on any atom is 0.328 e. The molecule has 0 atom stereocenters. The number of carbonyl (C=O) groups is 3. The van der Waals surface area contributed by atoms with Crippen LogP contribution in [0.4, 0.5) is 5.69 Å². The SMILES string of the molecule is CCOC(=O)C(Cc1ccccn1)(C(=O)OCC)c1ccc(NC(C)=O)cc1. The Kier molecular flexibility index (Phi) is 7.26. The minimum Gasteiger partial charge on any atom is -0.465 e. The van der Waals surface area contributed by atoms with Crippen LogP contribution in [0.25, 0.3) is 0 Å². The molecular weight excluding hydrogens is 360 g/mol. The van der Waals surface area contributed by atoms with E-state index in [1.165, 1.54) is 6.92 Å². The maximum absolute atomic E-state index is 13.0. The molecule has 1 N–H and O–H groups in total. The van der Waals surface area contributed by atoms with Gasteiger partial charge >= 0.3 is 11.9 Å². The number of pyridine rings is 1. The van der Waals surface area contributed by atoms with Gasteiger partial charge in [0.05, 0.1) is 13.2 Å². The van der Waals surface area contributed by atoms with Crippen LogP contribution in [0.1, 0.15) is 32.0 Å². The molecule has 0 aliphatic carbocycles. The van der Waals surface area contributed by atoms with Crippen molar-refractivity contribution in [2.75, 3.05) is 18.5 Å². The quantitative estimate of drug-likeness (QED) is 0.555. The third kappa shape index (κ3) is 4.73. The molecule has 1 aromatic carbocycles. The third-order valence-electron chi connectivity index (χ3n) is 4.12. The molecule has 1 heterocycles. The Labute approximate surface area is 164 Å². The summed E-state index contributed by atoms with van der Waals surface area (Å²) in [5, 5.41) is 2.66. The molecular formula is C21H24N2O5. The summed E-state index contributed by atoms with van der Waals surface area (Å²) in [5.41, 5.74) is -0.191. The van der Waals surface area contributed by atoms with E-state index in [1.807, 2.05) is 0 Å². The summed E-state index contributed by atoms with van der Waals surface area (Å²) in [6, 6.07) is 11.7. The van der Waals surface area contributed by atoms with Crippen molar-refractivity contribution in [2.24, 2.45) is 0 Å². The van der Waals surface area contributed by atoms with E-state index in [0.29, 0.717) is 16.9 Å². The van der Waals surface area contributed by atoms with Gasteiger partial charge in [-0.15, -0.1) is 0 Å². The van der Waals surface area contributed by atoms with Gasteiger partial charge in [0.25, 0.3) is 0 Å². The molecule has 1 amide bonds. The van der Waals surface area contributed by atoms with Crippen LogP contribution in [0.15, 0.2) is 48.7 Å². The number of hydrogen-bond acceptors (Lipinski definition) is 6. The van der Waals surface area contributed by atoms with E-state index in [-0.39, 0.29) is 25.5 Å². The largest absolute Gasteiger partial charge is 0.465 e. The van der Waals surface area contributed by atoms with Crippen LogP contribution in [-0.4, -0.2) is 36.0 Å². The highest BCUT2D eigenvalue weighted by Crippen LogP contribution is 2.33. The first-order valence-electron chi connectivity index (χ1n) is 9.06. The minimum atomic E-state index is -1.70. The van der Waals surface area contributed by atoms with Crippen LogP contribution in [0.3, 0.4) is 0 Å². The molecule has 148 valence electrons. The third-order valence-corrected chi connectivity index (χ3v) is 4.12. The van der Waals surface area contributed by atoms with Gasteiger partial charge in [-0.05, 0) is 43.7 Å². The molecule has 7 heteroatoms. The monoisotopic (exact) mass is 384 g/mol. The van der Waals surface area contributed by atoms with Gasteiger partial charge in [0.2, 0.25) is 5.91 Å². The molecule has 2 aromatic rings. The van der Waals surface area contributed by atoms with Crippen LogP contribution in [-0.2, 0) is 35.7 Å². The maximum atomic E-state index is 13.0. The molecule has 1 aromatic heterocycles. The molecule has 0 bridgehead atoms. The van der Waals surface area contributed by atoms with Crippen LogP contribution in [0.5, 0.6) is 0 Å². The van der Waals surface area contributed by atoms with Gasteiger partial charge in [0.15, 0.2) is 5.41 Å². The van der Waals surface area contributed by atoms with Gasteiger partial charge in [-0.2, -0.15) is 0 Å². The highest BCUT2D eigenvalue weighted by Gasteiger charge is 2.51. The summed E-state index contributed by atoms with van der Waals surface area (Å²) in [6.07, 6.45) is 1.58. The molecule has 0 radical (unpaired) electrons. The lowest BCUT2D eigenvalue weighted by molar-refractivity contribution is -0.165. The molecule has 0 fully saturated rings. The van der Waals surface area contributed by atoms with Gasteiger partial charge in [-0.1, -0.05) is 18.2 Å². The number of anilines is 1. The highest BCUT2D eigenvalue weighted by atomic mass is 16.6. The Morgan fingerprint density at radius 3 is 2.04 bits per heavy atom. The van der Waals surface area contributed by atoms with E-state index >= 15 is 0 Å². The van der Waals surface area contributed by atoms with Crippen LogP contribution >= 0.6 is 0 Å². The highest BCUT2D eigenvalue weighted by molar-refractivity contribution is 6.06. The second-order valence-electron chi connectivity index (χ2n) is 6.10. The smallest absolute Gasteiger partial charge is 0.328 e. The molecule has 0 unspecified atom stereocenters. The Balaban J connectivity index is 2.58. The topological polar surface area (TPSA) is 94.6 Å². The van der Waals surface area contributed by atoms with E-state index in [9.17, 15) is 14.4 Å². The van der Waals surface area contributed by atoms with Crippen LogP contribution < -0.4 is 5.32 Å². The molecule has 0 saturated carbocycles. The number of hydrogen-bond donors (Lipinski definition) is 1. The van der Waals surface area contributed by atoms with Crippen LogP contribution in [0.2, 0.25) is 0 Å². The summed E-state index contributed by atoms with van der Waals surface area (Å²) in [4.78, 5) is 41.6. The molecule has 28 heavy (non-hydrogen) atoms. The van der Waals surface area contributed by atoms with E-state index in [2.05, 4.69) is 10.3 Å². The zero-order valence-corrected chi connectivity index (χ0v) is 16.2. The summed E-state index contributed by atoms with van der Waals surface area (Å²) in [7, 11) is 0. The van der Waals surface area contributed by atoms with Crippen molar-refractivity contribution in [3.63, 3.8) is 0 Å². The van der Waals surface area contributed by atoms with Crippen molar-refractivity contribution >= 4 is 23.5 Å². The number of ether oxygens (including phenoxy) is 2. The fourth-order valence-corrected chi connectivity index (χ4v) is 2.89. The molecule has 0 spiro atoms. The zero-order chi connectivity index (χ0) is 20.6. The minimum absolute atomic E-state index is 0.00894. The van der Waals surface area contributed by atoms with Crippen molar-refractivity contribution in [3.8, 4) is 0 Å².